The molecule has 2 heteroatoms. The Balaban J connectivity index is 2.88. The molecule has 0 radical (unpaired) electrons. The van der Waals surface area contributed by atoms with Crippen molar-refractivity contribution in [2.45, 2.75) is 45.6 Å². The Kier molecular flexibility index (Phi) is 5.01. The molecule has 0 spiro atoms. The monoisotopic (exact) mass is 235 g/mol. The fourth-order valence-electron chi connectivity index (χ4n) is 2.55. The molecule has 96 valence electrons. The van der Waals surface area contributed by atoms with Gasteiger partial charge in [-0.3, -0.25) is 0 Å². The molecule has 2 N–H and O–H groups in total. The molecule has 2 nitrogen and oxygen atoms in total. The number of methoxy groups -OCH3 is 1. The smallest absolute Gasteiger partial charge is 0.123 e. The lowest BCUT2D eigenvalue weighted by molar-refractivity contribution is 0.328. The molecule has 0 amide bonds. The second-order valence-electron chi connectivity index (χ2n) is 5.22. The van der Waals surface area contributed by atoms with E-state index in [1.165, 1.54) is 12.8 Å². The average molecular weight is 235 g/mol. The molecule has 0 aliphatic rings. The van der Waals surface area contributed by atoms with Crippen LogP contribution in [-0.4, -0.2) is 7.11 Å². The van der Waals surface area contributed by atoms with Crippen LogP contribution in [0.25, 0.3) is 0 Å². The van der Waals surface area contributed by atoms with Gasteiger partial charge in [0.25, 0.3) is 0 Å². The maximum Gasteiger partial charge on any atom is 0.123 e. The van der Waals surface area contributed by atoms with Crippen LogP contribution in [0.4, 0.5) is 0 Å². The van der Waals surface area contributed by atoms with Gasteiger partial charge in [0, 0.05) is 11.1 Å². The average Bonchev–Trinajstić information content (AvgIpc) is 2.28. The van der Waals surface area contributed by atoms with Crippen LogP contribution >= 0.6 is 0 Å². The van der Waals surface area contributed by atoms with Crippen LogP contribution in [0.5, 0.6) is 5.75 Å². The zero-order valence-corrected chi connectivity index (χ0v) is 11.5. The fraction of sp³-hybridized carbons (Fsp3) is 0.600. The summed E-state index contributed by atoms with van der Waals surface area (Å²) in [5.41, 5.74) is 7.25. The Morgan fingerprint density at radius 3 is 2.59 bits per heavy atom. The molecule has 2 atom stereocenters. The first kappa shape index (κ1) is 14.0. The van der Waals surface area contributed by atoms with E-state index in [1.807, 2.05) is 18.2 Å². The third-order valence-corrected chi connectivity index (χ3v) is 3.28. The van der Waals surface area contributed by atoms with E-state index in [1.54, 1.807) is 7.11 Å². The summed E-state index contributed by atoms with van der Waals surface area (Å²) in [6.45, 7) is 6.58. The second-order valence-corrected chi connectivity index (χ2v) is 5.22. The lowest BCUT2D eigenvalue weighted by Crippen LogP contribution is -2.35. The number of rotatable bonds is 6. The van der Waals surface area contributed by atoms with Crippen molar-refractivity contribution in [1.82, 2.24) is 0 Å². The zero-order chi connectivity index (χ0) is 12.9. The molecule has 1 rings (SSSR count). The molecule has 0 aliphatic carbocycles. The largest absolute Gasteiger partial charge is 0.496 e. The van der Waals surface area contributed by atoms with Gasteiger partial charge in [-0.2, -0.15) is 0 Å². The van der Waals surface area contributed by atoms with Crippen molar-refractivity contribution in [2.24, 2.45) is 11.7 Å². The van der Waals surface area contributed by atoms with Crippen LogP contribution in [0.3, 0.4) is 0 Å². The quantitative estimate of drug-likeness (QED) is 0.816. The molecule has 0 heterocycles. The van der Waals surface area contributed by atoms with Crippen LogP contribution in [-0.2, 0) is 5.54 Å². The van der Waals surface area contributed by atoms with Gasteiger partial charge in [0.15, 0.2) is 0 Å². The number of benzene rings is 1. The van der Waals surface area contributed by atoms with Gasteiger partial charge >= 0.3 is 0 Å². The van der Waals surface area contributed by atoms with E-state index in [2.05, 4.69) is 26.8 Å². The highest BCUT2D eigenvalue weighted by Gasteiger charge is 2.26. The van der Waals surface area contributed by atoms with E-state index in [9.17, 15) is 0 Å². The second kappa shape index (κ2) is 6.06. The Hall–Kier alpha value is -1.02. The Morgan fingerprint density at radius 2 is 2.00 bits per heavy atom. The number of hydrogen-bond acceptors (Lipinski definition) is 2. The summed E-state index contributed by atoms with van der Waals surface area (Å²) in [6, 6.07) is 8.05. The topological polar surface area (TPSA) is 35.2 Å². The number of ether oxygens (including phenoxy) is 1. The Bertz CT molecular complexity index is 347. The normalized spacial score (nSPS) is 16.3. The molecule has 0 aliphatic heterocycles. The van der Waals surface area contributed by atoms with Crippen molar-refractivity contribution in [3.63, 3.8) is 0 Å². The Morgan fingerprint density at radius 1 is 1.35 bits per heavy atom. The molecule has 2 unspecified atom stereocenters. The van der Waals surface area contributed by atoms with Crippen LogP contribution < -0.4 is 10.5 Å². The maximum absolute atomic E-state index is 6.47. The molecule has 0 bridgehead atoms. The van der Waals surface area contributed by atoms with Crippen molar-refractivity contribution in [3.8, 4) is 5.75 Å². The van der Waals surface area contributed by atoms with Gasteiger partial charge in [0.05, 0.1) is 7.11 Å². The zero-order valence-electron chi connectivity index (χ0n) is 11.5. The first-order chi connectivity index (χ1) is 8.01. The summed E-state index contributed by atoms with van der Waals surface area (Å²) in [7, 11) is 1.70. The molecular formula is C15H25NO. The number of hydrogen-bond donors (Lipinski definition) is 1. The van der Waals surface area contributed by atoms with Crippen molar-refractivity contribution >= 4 is 0 Å². The van der Waals surface area contributed by atoms with Gasteiger partial charge in [-0.25, -0.2) is 0 Å². The van der Waals surface area contributed by atoms with Crippen molar-refractivity contribution in [2.75, 3.05) is 7.11 Å². The summed E-state index contributed by atoms with van der Waals surface area (Å²) >= 11 is 0. The molecule has 0 aromatic heterocycles. The van der Waals surface area contributed by atoms with Crippen LogP contribution in [0, 0.1) is 5.92 Å². The van der Waals surface area contributed by atoms with Gasteiger partial charge in [-0.05, 0) is 25.3 Å². The SMILES string of the molecule is CCCC(C)CC(C)(N)c1ccccc1OC. The van der Waals surface area contributed by atoms with Crippen molar-refractivity contribution in [1.29, 1.82) is 0 Å². The lowest BCUT2D eigenvalue weighted by atomic mass is 9.82. The fourth-order valence-corrected chi connectivity index (χ4v) is 2.55. The van der Waals surface area contributed by atoms with Gasteiger partial charge < -0.3 is 10.5 Å². The van der Waals surface area contributed by atoms with Gasteiger partial charge in [-0.1, -0.05) is 44.9 Å². The van der Waals surface area contributed by atoms with Crippen LogP contribution in [0.15, 0.2) is 24.3 Å². The van der Waals surface area contributed by atoms with Crippen molar-refractivity contribution in [3.05, 3.63) is 29.8 Å². The van der Waals surface area contributed by atoms with Gasteiger partial charge in [0.2, 0.25) is 0 Å². The maximum atomic E-state index is 6.47. The molecule has 0 saturated carbocycles. The molecular weight excluding hydrogens is 210 g/mol. The highest BCUT2D eigenvalue weighted by molar-refractivity contribution is 5.38. The van der Waals surface area contributed by atoms with E-state index in [0.29, 0.717) is 5.92 Å². The van der Waals surface area contributed by atoms with Crippen LogP contribution in [0.1, 0.15) is 45.6 Å². The summed E-state index contributed by atoms with van der Waals surface area (Å²) in [5.74, 6) is 1.53. The first-order valence-corrected chi connectivity index (χ1v) is 6.43. The van der Waals surface area contributed by atoms with Gasteiger partial charge in [0.1, 0.15) is 5.75 Å². The summed E-state index contributed by atoms with van der Waals surface area (Å²) in [6.07, 6.45) is 3.42. The van der Waals surface area contributed by atoms with E-state index >= 15 is 0 Å². The minimum atomic E-state index is -0.318. The van der Waals surface area contributed by atoms with E-state index in [4.69, 9.17) is 10.5 Å². The standard InChI is InChI=1S/C15H25NO/c1-5-8-12(2)11-15(3,16)13-9-6-7-10-14(13)17-4/h6-7,9-10,12H,5,8,11,16H2,1-4H3. The molecule has 0 fully saturated rings. The number of nitrogens with two attached hydrogens (primary N) is 1. The predicted octanol–water partition coefficient (Wildman–Crippen LogP) is 3.70. The molecule has 17 heavy (non-hydrogen) atoms. The highest BCUT2D eigenvalue weighted by Crippen LogP contribution is 2.33. The van der Waals surface area contributed by atoms with E-state index < -0.39 is 0 Å². The minimum Gasteiger partial charge on any atom is -0.496 e. The summed E-state index contributed by atoms with van der Waals surface area (Å²) < 4.78 is 5.39. The Labute approximate surface area is 105 Å². The van der Waals surface area contributed by atoms with Crippen LogP contribution in [0.2, 0.25) is 0 Å². The minimum absolute atomic E-state index is 0.318. The van der Waals surface area contributed by atoms with E-state index in [-0.39, 0.29) is 5.54 Å². The van der Waals surface area contributed by atoms with Gasteiger partial charge in [-0.15, -0.1) is 0 Å². The molecule has 1 aromatic rings. The third-order valence-electron chi connectivity index (χ3n) is 3.28. The lowest BCUT2D eigenvalue weighted by Gasteiger charge is -2.30. The summed E-state index contributed by atoms with van der Waals surface area (Å²) in [5, 5.41) is 0. The van der Waals surface area contributed by atoms with Crippen molar-refractivity contribution < 1.29 is 4.74 Å². The summed E-state index contributed by atoms with van der Waals surface area (Å²) in [4.78, 5) is 0. The van der Waals surface area contributed by atoms with E-state index in [0.717, 1.165) is 17.7 Å². The molecule has 1 aromatic carbocycles. The molecule has 0 saturated heterocycles. The third kappa shape index (κ3) is 3.74. The predicted molar refractivity (Wildman–Crippen MR) is 73.2 cm³/mol. The highest BCUT2D eigenvalue weighted by atomic mass is 16.5. The number of para-hydroxylation sites is 1. The first-order valence-electron chi connectivity index (χ1n) is 6.43.